The molecule has 0 spiro atoms. The number of benzene rings is 1. The standard InChI is InChI=1S/C13H18N2O2S/c1-5-13(4,9-14)15-18(16,17)12-7-6-10(2)8-11(12)3/h6-8,15H,5H2,1-4H3. The minimum Gasteiger partial charge on any atom is -0.207 e. The van der Waals surface area contributed by atoms with Crippen molar-refractivity contribution in [3.8, 4) is 6.07 Å². The largest absolute Gasteiger partial charge is 0.242 e. The van der Waals surface area contributed by atoms with Crippen molar-refractivity contribution in [2.45, 2.75) is 44.6 Å². The Kier molecular flexibility index (Phi) is 4.15. The number of hydrogen-bond donors (Lipinski definition) is 1. The van der Waals surface area contributed by atoms with Gasteiger partial charge in [-0.15, -0.1) is 0 Å². The second-order valence-corrected chi connectivity index (χ2v) is 6.32. The van der Waals surface area contributed by atoms with E-state index in [0.717, 1.165) is 5.56 Å². The molecule has 1 atom stereocenters. The van der Waals surface area contributed by atoms with Gasteiger partial charge in [0.2, 0.25) is 10.0 Å². The second-order valence-electron chi connectivity index (χ2n) is 4.67. The first-order valence-electron chi connectivity index (χ1n) is 5.76. The highest BCUT2D eigenvalue weighted by atomic mass is 32.2. The molecule has 1 aromatic rings. The van der Waals surface area contributed by atoms with E-state index in [2.05, 4.69) is 4.72 Å². The highest BCUT2D eigenvalue weighted by molar-refractivity contribution is 7.89. The minimum absolute atomic E-state index is 0.225. The number of nitriles is 1. The summed E-state index contributed by atoms with van der Waals surface area (Å²) in [5.41, 5.74) is 0.611. The van der Waals surface area contributed by atoms with Gasteiger partial charge in [0.25, 0.3) is 0 Å². The van der Waals surface area contributed by atoms with E-state index in [1.165, 1.54) is 0 Å². The van der Waals surface area contributed by atoms with E-state index >= 15 is 0 Å². The van der Waals surface area contributed by atoms with Gasteiger partial charge in [0.1, 0.15) is 5.54 Å². The zero-order valence-electron chi connectivity index (χ0n) is 11.1. The fourth-order valence-corrected chi connectivity index (χ4v) is 3.25. The fraction of sp³-hybridized carbons (Fsp3) is 0.462. The molecule has 0 bridgehead atoms. The van der Waals surface area contributed by atoms with Crippen LogP contribution >= 0.6 is 0 Å². The summed E-state index contributed by atoms with van der Waals surface area (Å²) in [6.07, 6.45) is 0.410. The number of nitrogens with one attached hydrogen (secondary N) is 1. The van der Waals surface area contributed by atoms with Crippen LogP contribution in [0.3, 0.4) is 0 Å². The van der Waals surface area contributed by atoms with Crippen molar-refractivity contribution in [3.05, 3.63) is 29.3 Å². The molecule has 0 radical (unpaired) electrons. The summed E-state index contributed by atoms with van der Waals surface area (Å²) < 4.78 is 26.9. The number of nitrogens with zero attached hydrogens (tertiary/aromatic N) is 1. The van der Waals surface area contributed by atoms with Crippen LogP contribution in [0.25, 0.3) is 0 Å². The summed E-state index contributed by atoms with van der Waals surface area (Å²) in [7, 11) is -3.66. The van der Waals surface area contributed by atoms with E-state index in [1.807, 2.05) is 19.1 Å². The van der Waals surface area contributed by atoms with E-state index < -0.39 is 15.6 Å². The smallest absolute Gasteiger partial charge is 0.207 e. The summed E-state index contributed by atoms with van der Waals surface area (Å²) in [5.74, 6) is 0. The topological polar surface area (TPSA) is 70.0 Å². The molecule has 18 heavy (non-hydrogen) atoms. The molecule has 4 nitrogen and oxygen atoms in total. The summed E-state index contributed by atoms with van der Waals surface area (Å²) in [4.78, 5) is 0.225. The van der Waals surface area contributed by atoms with Crippen molar-refractivity contribution in [2.75, 3.05) is 0 Å². The number of hydrogen-bond acceptors (Lipinski definition) is 3. The normalized spacial score (nSPS) is 14.8. The Labute approximate surface area is 109 Å². The molecule has 0 aliphatic carbocycles. The molecule has 0 fully saturated rings. The molecule has 1 aromatic carbocycles. The third-order valence-electron chi connectivity index (χ3n) is 2.93. The van der Waals surface area contributed by atoms with Crippen molar-refractivity contribution in [1.29, 1.82) is 5.26 Å². The first kappa shape index (κ1) is 14.7. The van der Waals surface area contributed by atoms with Gasteiger partial charge in [0, 0.05) is 0 Å². The van der Waals surface area contributed by atoms with Gasteiger partial charge in [-0.1, -0.05) is 24.6 Å². The molecular weight excluding hydrogens is 248 g/mol. The Morgan fingerprint density at radius 3 is 2.44 bits per heavy atom. The molecule has 0 aromatic heterocycles. The molecule has 1 rings (SSSR count). The zero-order chi connectivity index (χ0) is 14.0. The maximum absolute atomic E-state index is 12.2. The van der Waals surface area contributed by atoms with E-state index in [9.17, 15) is 8.42 Å². The SMILES string of the molecule is CCC(C)(C#N)NS(=O)(=O)c1ccc(C)cc1C. The molecule has 0 saturated carbocycles. The highest BCUT2D eigenvalue weighted by Gasteiger charge is 2.29. The van der Waals surface area contributed by atoms with Crippen LogP contribution in [0.15, 0.2) is 23.1 Å². The monoisotopic (exact) mass is 266 g/mol. The predicted octanol–water partition coefficient (Wildman–Crippen LogP) is 2.27. The molecule has 1 N–H and O–H groups in total. The first-order valence-corrected chi connectivity index (χ1v) is 7.25. The molecule has 5 heteroatoms. The Morgan fingerprint density at radius 2 is 2.00 bits per heavy atom. The second kappa shape index (κ2) is 5.09. The lowest BCUT2D eigenvalue weighted by molar-refractivity contribution is 0.495. The van der Waals surface area contributed by atoms with Crippen LogP contribution in [-0.2, 0) is 10.0 Å². The van der Waals surface area contributed by atoms with Gasteiger partial charge in [0.05, 0.1) is 11.0 Å². The van der Waals surface area contributed by atoms with Crippen molar-refractivity contribution >= 4 is 10.0 Å². The average Bonchev–Trinajstić information content (AvgIpc) is 2.27. The van der Waals surface area contributed by atoms with Gasteiger partial charge in [-0.25, -0.2) is 8.42 Å². The number of sulfonamides is 1. The Hall–Kier alpha value is -1.38. The van der Waals surface area contributed by atoms with Gasteiger partial charge < -0.3 is 0 Å². The van der Waals surface area contributed by atoms with Gasteiger partial charge >= 0.3 is 0 Å². The molecule has 1 unspecified atom stereocenters. The third-order valence-corrected chi connectivity index (χ3v) is 4.69. The molecule has 0 amide bonds. The third kappa shape index (κ3) is 3.09. The van der Waals surface area contributed by atoms with Crippen molar-refractivity contribution in [1.82, 2.24) is 4.72 Å². The summed E-state index contributed by atoms with van der Waals surface area (Å²) in [5, 5.41) is 9.03. The zero-order valence-corrected chi connectivity index (χ0v) is 11.9. The van der Waals surface area contributed by atoms with Crippen LogP contribution in [0.2, 0.25) is 0 Å². The molecule has 0 aliphatic heterocycles. The lowest BCUT2D eigenvalue weighted by Crippen LogP contribution is -2.44. The van der Waals surface area contributed by atoms with Crippen molar-refractivity contribution in [3.63, 3.8) is 0 Å². The number of rotatable bonds is 4. The minimum atomic E-state index is -3.66. The van der Waals surface area contributed by atoms with Crippen LogP contribution in [-0.4, -0.2) is 14.0 Å². The van der Waals surface area contributed by atoms with E-state index in [1.54, 1.807) is 32.9 Å². The average molecular weight is 266 g/mol. The van der Waals surface area contributed by atoms with Gasteiger partial charge in [-0.3, -0.25) is 0 Å². The quantitative estimate of drug-likeness (QED) is 0.908. The molecular formula is C13H18N2O2S. The maximum Gasteiger partial charge on any atom is 0.242 e. The molecule has 0 aliphatic rings. The fourth-order valence-electron chi connectivity index (χ4n) is 1.63. The highest BCUT2D eigenvalue weighted by Crippen LogP contribution is 2.19. The summed E-state index contributed by atoms with van der Waals surface area (Å²) in [6.45, 7) is 7.00. The lowest BCUT2D eigenvalue weighted by Gasteiger charge is -2.21. The van der Waals surface area contributed by atoms with Gasteiger partial charge in [-0.2, -0.15) is 9.98 Å². The summed E-state index contributed by atoms with van der Waals surface area (Å²) in [6, 6.07) is 7.12. The predicted molar refractivity (Wildman–Crippen MR) is 70.5 cm³/mol. The van der Waals surface area contributed by atoms with Crippen LogP contribution in [0, 0.1) is 25.2 Å². The van der Waals surface area contributed by atoms with Crippen LogP contribution in [0.4, 0.5) is 0 Å². The number of aryl methyl sites for hydroxylation is 2. The molecule has 0 heterocycles. The lowest BCUT2D eigenvalue weighted by atomic mass is 10.0. The molecule has 0 saturated heterocycles. The summed E-state index contributed by atoms with van der Waals surface area (Å²) >= 11 is 0. The van der Waals surface area contributed by atoms with Crippen LogP contribution < -0.4 is 4.72 Å². The van der Waals surface area contributed by atoms with E-state index in [4.69, 9.17) is 5.26 Å². The maximum atomic E-state index is 12.2. The van der Waals surface area contributed by atoms with E-state index in [-0.39, 0.29) is 4.90 Å². The Balaban J connectivity index is 3.20. The first-order chi connectivity index (χ1) is 8.24. The molecule has 98 valence electrons. The van der Waals surface area contributed by atoms with Gasteiger partial charge in [0.15, 0.2) is 0 Å². The van der Waals surface area contributed by atoms with Gasteiger partial charge in [-0.05, 0) is 38.8 Å². The van der Waals surface area contributed by atoms with Crippen LogP contribution in [0.1, 0.15) is 31.4 Å². The van der Waals surface area contributed by atoms with Crippen LogP contribution in [0.5, 0.6) is 0 Å². The van der Waals surface area contributed by atoms with Crippen molar-refractivity contribution in [2.24, 2.45) is 0 Å². The van der Waals surface area contributed by atoms with Crippen molar-refractivity contribution < 1.29 is 8.42 Å². The Bertz CT molecular complexity index is 587. The Morgan fingerprint density at radius 1 is 1.39 bits per heavy atom. The van der Waals surface area contributed by atoms with E-state index in [0.29, 0.717) is 12.0 Å².